The van der Waals surface area contributed by atoms with Crippen LogP contribution >= 0.6 is 0 Å². The Balaban J connectivity index is 1.44. The van der Waals surface area contributed by atoms with E-state index in [9.17, 15) is 4.79 Å². The fourth-order valence-electron chi connectivity index (χ4n) is 2.82. The Hall–Kier alpha value is -3.33. The molecule has 1 saturated heterocycles. The van der Waals surface area contributed by atoms with Gasteiger partial charge in [-0.25, -0.2) is 4.98 Å². The van der Waals surface area contributed by atoms with Crippen molar-refractivity contribution < 1.29 is 9.53 Å². The number of amides is 1. The molecule has 1 aliphatic rings. The van der Waals surface area contributed by atoms with Crippen molar-refractivity contribution >= 4 is 16.8 Å². The van der Waals surface area contributed by atoms with E-state index in [2.05, 4.69) is 16.0 Å². The molecular formula is C18H14N4O2. The Morgan fingerprint density at radius 2 is 2.12 bits per heavy atom. The zero-order valence-corrected chi connectivity index (χ0v) is 12.8. The van der Waals surface area contributed by atoms with Gasteiger partial charge in [0.05, 0.1) is 18.7 Å². The van der Waals surface area contributed by atoms with Crippen molar-refractivity contribution in [1.82, 2.24) is 14.9 Å². The first kappa shape index (κ1) is 14.3. The maximum atomic E-state index is 12.6. The average molecular weight is 318 g/mol. The van der Waals surface area contributed by atoms with Crippen molar-refractivity contribution in [3.63, 3.8) is 0 Å². The second kappa shape index (κ2) is 5.70. The number of nitrogens with zero attached hydrogens (tertiary/aromatic N) is 3. The lowest BCUT2D eigenvalue weighted by Gasteiger charge is -2.38. The van der Waals surface area contributed by atoms with E-state index in [1.54, 1.807) is 29.4 Å². The van der Waals surface area contributed by atoms with Gasteiger partial charge in [0.15, 0.2) is 0 Å². The number of ether oxygens (including phenoxy) is 1. The van der Waals surface area contributed by atoms with Crippen LogP contribution < -0.4 is 4.74 Å². The SMILES string of the molecule is N#Cc1cccnc1OC1CN(C(=O)c2c[nH]c3ccccc23)C1. The molecule has 24 heavy (non-hydrogen) atoms. The summed E-state index contributed by atoms with van der Waals surface area (Å²) in [6, 6.07) is 13.1. The molecule has 6 nitrogen and oxygen atoms in total. The molecule has 2 aromatic heterocycles. The molecule has 1 amide bonds. The number of pyridine rings is 1. The van der Waals surface area contributed by atoms with Crippen LogP contribution in [-0.4, -0.2) is 40.0 Å². The third-order valence-electron chi connectivity index (χ3n) is 4.12. The van der Waals surface area contributed by atoms with Crippen LogP contribution in [0.25, 0.3) is 10.9 Å². The Labute approximate surface area is 138 Å². The molecule has 118 valence electrons. The lowest BCUT2D eigenvalue weighted by Crippen LogP contribution is -2.56. The first-order chi connectivity index (χ1) is 11.8. The highest BCUT2D eigenvalue weighted by Gasteiger charge is 2.34. The molecule has 3 aromatic rings. The first-order valence-corrected chi connectivity index (χ1v) is 7.63. The molecule has 1 aliphatic heterocycles. The minimum Gasteiger partial charge on any atom is -0.470 e. The maximum Gasteiger partial charge on any atom is 0.256 e. The number of carbonyl (C=O) groups excluding carboxylic acids is 1. The van der Waals surface area contributed by atoms with Gasteiger partial charge in [-0.3, -0.25) is 4.79 Å². The molecule has 0 bridgehead atoms. The normalized spacial score (nSPS) is 14.2. The summed E-state index contributed by atoms with van der Waals surface area (Å²) in [6.45, 7) is 0.972. The Bertz CT molecular complexity index is 951. The summed E-state index contributed by atoms with van der Waals surface area (Å²) in [7, 11) is 0. The van der Waals surface area contributed by atoms with Crippen LogP contribution in [-0.2, 0) is 0 Å². The Morgan fingerprint density at radius 3 is 2.96 bits per heavy atom. The molecule has 6 heteroatoms. The van der Waals surface area contributed by atoms with Crippen LogP contribution in [0, 0.1) is 11.3 Å². The Morgan fingerprint density at radius 1 is 1.29 bits per heavy atom. The zero-order chi connectivity index (χ0) is 16.5. The third-order valence-corrected chi connectivity index (χ3v) is 4.12. The van der Waals surface area contributed by atoms with Gasteiger partial charge in [0, 0.05) is 23.3 Å². The van der Waals surface area contributed by atoms with Gasteiger partial charge in [-0.15, -0.1) is 0 Å². The van der Waals surface area contributed by atoms with Crippen LogP contribution in [0.15, 0.2) is 48.8 Å². The fraction of sp³-hybridized carbons (Fsp3) is 0.167. The van der Waals surface area contributed by atoms with Crippen LogP contribution in [0.1, 0.15) is 15.9 Å². The molecular weight excluding hydrogens is 304 g/mol. The highest BCUT2D eigenvalue weighted by Crippen LogP contribution is 2.24. The van der Waals surface area contributed by atoms with Gasteiger partial charge in [0.1, 0.15) is 17.7 Å². The van der Waals surface area contributed by atoms with E-state index in [1.165, 1.54) is 0 Å². The summed E-state index contributed by atoms with van der Waals surface area (Å²) in [5.41, 5.74) is 2.01. The van der Waals surface area contributed by atoms with Gasteiger partial charge < -0.3 is 14.6 Å². The van der Waals surface area contributed by atoms with Crippen LogP contribution in [0.4, 0.5) is 0 Å². The molecule has 1 fully saturated rings. The second-order valence-electron chi connectivity index (χ2n) is 5.67. The molecule has 0 aliphatic carbocycles. The molecule has 0 saturated carbocycles. The number of likely N-dealkylation sites (tertiary alicyclic amines) is 1. The zero-order valence-electron chi connectivity index (χ0n) is 12.8. The smallest absolute Gasteiger partial charge is 0.256 e. The van der Waals surface area contributed by atoms with Gasteiger partial charge in [-0.1, -0.05) is 18.2 Å². The van der Waals surface area contributed by atoms with Crippen LogP contribution in [0.2, 0.25) is 0 Å². The van der Waals surface area contributed by atoms with E-state index >= 15 is 0 Å². The van der Waals surface area contributed by atoms with Crippen molar-refractivity contribution in [3.8, 4) is 11.9 Å². The molecule has 0 atom stereocenters. The quantitative estimate of drug-likeness (QED) is 0.803. The number of carbonyl (C=O) groups is 1. The number of benzene rings is 1. The fourth-order valence-corrected chi connectivity index (χ4v) is 2.82. The highest BCUT2D eigenvalue weighted by molar-refractivity contribution is 6.06. The molecule has 4 rings (SSSR count). The number of nitrogens with one attached hydrogen (secondary N) is 1. The summed E-state index contributed by atoms with van der Waals surface area (Å²) in [4.78, 5) is 21.5. The Kier molecular flexibility index (Phi) is 3.39. The van der Waals surface area contributed by atoms with Crippen molar-refractivity contribution in [1.29, 1.82) is 5.26 Å². The number of aromatic nitrogens is 2. The molecule has 0 radical (unpaired) electrons. The number of nitriles is 1. The lowest BCUT2D eigenvalue weighted by molar-refractivity contribution is 0.0160. The van der Waals surface area contributed by atoms with E-state index in [1.807, 2.05) is 24.3 Å². The van der Waals surface area contributed by atoms with Gasteiger partial charge in [-0.05, 0) is 18.2 Å². The number of hydrogen-bond donors (Lipinski definition) is 1. The van der Waals surface area contributed by atoms with Crippen molar-refractivity contribution in [3.05, 3.63) is 59.9 Å². The minimum atomic E-state index is -0.138. The molecule has 0 unspecified atom stereocenters. The van der Waals surface area contributed by atoms with Crippen molar-refractivity contribution in [2.24, 2.45) is 0 Å². The number of aromatic amines is 1. The summed E-state index contributed by atoms with van der Waals surface area (Å²) >= 11 is 0. The molecule has 0 spiro atoms. The maximum absolute atomic E-state index is 12.6. The van der Waals surface area contributed by atoms with Gasteiger partial charge in [-0.2, -0.15) is 5.26 Å². The lowest BCUT2D eigenvalue weighted by atomic mass is 10.1. The molecule has 1 aromatic carbocycles. The third kappa shape index (κ3) is 2.36. The van der Waals surface area contributed by atoms with E-state index < -0.39 is 0 Å². The van der Waals surface area contributed by atoms with Gasteiger partial charge >= 0.3 is 0 Å². The van der Waals surface area contributed by atoms with Crippen molar-refractivity contribution in [2.75, 3.05) is 13.1 Å². The largest absolute Gasteiger partial charge is 0.470 e. The van der Waals surface area contributed by atoms with Gasteiger partial charge in [0.2, 0.25) is 5.88 Å². The van der Waals surface area contributed by atoms with Crippen LogP contribution in [0.5, 0.6) is 5.88 Å². The summed E-state index contributed by atoms with van der Waals surface area (Å²) in [6.07, 6.45) is 3.19. The van der Waals surface area contributed by atoms with E-state index in [-0.39, 0.29) is 12.0 Å². The van der Waals surface area contributed by atoms with Crippen molar-refractivity contribution in [2.45, 2.75) is 6.10 Å². The number of hydrogen-bond acceptors (Lipinski definition) is 4. The van der Waals surface area contributed by atoms with E-state index in [0.717, 1.165) is 10.9 Å². The van der Waals surface area contributed by atoms with Gasteiger partial charge in [0.25, 0.3) is 5.91 Å². The standard InChI is InChI=1S/C18H14N4O2/c19-8-12-4-3-7-20-17(12)24-13-10-22(11-13)18(23)15-9-21-16-6-2-1-5-14(15)16/h1-7,9,13,21H,10-11H2. The second-order valence-corrected chi connectivity index (χ2v) is 5.67. The number of rotatable bonds is 3. The van der Waals surface area contributed by atoms with Crippen LogP contribution in [0.3, 0.4) is 0 Å². The summed E-state index contributed by atoms with van der Waals surface area (Å²) in [5.74, 6) is 0.304. The first-order valence-electron chi connectivity index (χ1n) is 7.63. The predicted octanol–water partition coefficient (Wildman–Crippen LogP) is 2.34. The highest BCUT2D eigenvalue weighted by atomic mass is 16.5. The van der Waals surface area contributed by atoms with E-state index in [0.29, 0.717) is 30.1 Å². The predicted molar refractivity (Wildman–Crippen MR) is 87.6 cm³/mol. The monoisotopic (exact) mass is 318 g/mol. The number of para-hydroxylation sites is 1. The summed E-state index contributed by atoms with van der Waals surface area (Å²) in [5, 5.41) is 9.97. The molecule has 1 N–H and O–H groups in total. The topological polar surface area (TPSA) is 82.0 Å². The number of fused-ring (bicyclic) bond motifs is 1. The summed E-state index contributed by atoms with van der Waals surface area (Å²) < 4.78 is 5.72. The number of H-pyrrole nitrogens is 1. The average Bonchev–Trinajstić information content (AvgIpc) is 3.01. The van der Waals surface area contributed by atoms with E-state index in [4.69, 9.17) is 10.00 Å². The molecule has 3 heterocycles. The minimum absolute atomic E-state index is 0.0196.